The van der Waals surface area contributed by atoms with Gasteiger partial charge in [0.1, 0.15) is 12.4 Å². The molecule has 1 saturated heterocycles. The minimum absolute atomic E-state index is 0.690. The fraction of sp³-hybridized carbons (Fsp3) is 0.462. The highest BCUT2D eigenvalue weighted by Gasteiger charge is 2.09. The Kier molecular flexibility index (Phi) is 4.53. The zero-order valence-electron chi connectivity index (χ0n) is 9.97. The fourth-order valence-corrected chi connectivity index (χ4v) is 1.72. The van der Waals surface area contributed by atoms with Gasteiger partial charge in [-0.15, -0.1) is 0 Å². The second kappa shape index (κ2) is 6.37. The molecule has 4 nitrogen and oxygen atoms in total. The molecule has 0 amide bonds. The average molecular weight is 234 g/mol. The largest absolute Gasteiger partial charge is 0.491 e. The van der Waals surface area contributed by atoms with Crippen molar-refractivity contribution < 1.29 is 9.47 Å². The second-order valence-electron chi connectivity index (χ2n) is 3.93. The van der Waals surface area contributed by atoms with E-state index < -0.39 is 0 Å². The molecule has 0 spiro atoms. The van der Waals surface area contributed by atoms with Crippen molar-refractivity contribution in [1.29, 1.82) is 0 Å². The third-order valence-corrected chi connectivity index (χ3v) is 2.75. The Labute approximate surface area is 102 Å². The number of hydrogen-bond acceptors (Lipinski definition) is 4. The smallest absolute Gasteiger partial charge is 0.137 e. The number of rotatable bonds is 5. The zero-order chi connectivity index (χ0) is 11.9. The lowest BCUT2D eigenvalue weighted by atomic mass is 10.3. The Bertz CT molecular complexity index is 345. The molecule has 1 fully saturated rings. The summed E-state index contributed by atoms with van der Waals surface area (Å²) in [5, 5.41) is 0. The van der Waals surface area contributed by atoms with Crippen LogP contribution in [0.15, 0.2) is 24.9 Å². The van der Waals surface area contributed by atoms with Gasteiger partial charge in [0.15, 0.2) is 0 Å². The Balaban J connectivity index is 1.71. The topological polar surface area (TPSA) is 34.6 Å². The van der Waals surface area contributed by atoms with E-state index >= 15 is 0 Å². The number of pyridine rings is 1. The second-order valence-corrected chi connectivity index (χ2v) is 3.93. The predicted octanol–water partition coefficient (Wildman–Crippen LogP) is 1.44. The lowest BCUT2D eigenvalue weighted by Gasteiger charge is -2.26. The molecule has 0 saturated carbocycles. The summed E-state index contributed by atoms with van der Waals surface area (Å²) < 4.78 is 10.9. The molecular formula is C13H18N2O2. The molecule has 1 aromatic heterocycles. The molecule has 4 heteroatoms. The first-order valence-corrected chi connectivity index (χ1v) is 5.90. The Morgan fingerprint density at radius 3 is 2.88 bits per heavy atom. The van der Waals surface area contributed by atoms with Crippen LogP contribution >= 0.6 is 0 Å². The molecule has 1 aromatic rings. The van der Waals surface area contributed by atoms with Crippen LogP contribution in [0.2, 0.25) is 0 Å². The van der Waals surface area contributed by atoms with Gasteiger partial charge < -0.3 is 9.47 Å². The van der Waals surface area contributed by atoms with E-state index in [0.29, 0.717) is 6.61 Å². The average Bonchev–Trinajstić information content (AvgIpc) is 2.41. The Morgan fingerprint density at radius 2 is 2.24 bits per heavy atom. The molecule has 2 heterocycles. The van der Waals surface area contributed by atoms with Crippen molar-refractivity contribution in [2.75, 3.05) is 39.5 Å². The molecule has 2 rings (SSSR count). The summed E-state index contributed by atoms with van der Waals surface area (Å²) in [4.78, 5) is 6.53. The maximum Gasteiger partial charge on any atom is 0.137 e. The molecule has 1 aliphatic rings. The molecule has 0 N–H and O–H groups in total. The van der Waals surface area contributed by atoms with Gasteiger partial charge in [-0.05, 0) is 18.2 Å². The molecule has 1 aliphatic heterocycles. The van der Waals surface area contributed by atoms with Crippen molar-refractivity contribution in [3.05, 3.63) is 30.6 Å². The molecule has 0 aromatic carbocycles. The molecule has 0 bridgehead atoms. The van der Waals surface area contributed by atoms with Crippen molar-refractivity contribution in [2.45, 2.75) is 0 Å². The van der Waals surface area contributed by atoms with Gasteiger partial charge in [-0.1, -0.05) is 6.58 Å². The standard InChI is InChI=1S/C13H18N2O2/c1-2-12-3-4-13(11-14-12)17-10-7-15-5-8-16-9-6-15/h2-4,11H,1,5-10H2. The van der Waals surface area contributed by atoms with E-state index in [0.717, 1.165) is 44.3 Å². The normalized spacial score (nSPS) is 16.7. The van der Waals surface area contributed by atoms with Crippen molar-refractivity contribution in [1.82, 2.24) is 9.88 Å². The summed E-state index contributed by atoms with van der Waals surface area (Å²) in [7, 11) is 0. The number of ether oxygens (including phenoxy) is 2. The zero-order valence-corrected chi connectivity index (χ0v) is 9.97. The fourth-order valence-electron chi connectivity index (χ4n) is 1.72. The SMILES string of the molecule is C=Cc1ccc(OCCN2CCOCC2)cn1. The van der Waals surface area contributed by atoms with Gasteiger partial charge in [-0.25, -0.2) is 0 Å². The van der Waals surface area contributed by atoms with E-state index in [4.69, 9.17) is 9.47 Å². The van der Waals surface area contributed by atoms with Crippen LogP contribution in [0.5, 0.6) is 5.75 Å². The minimum Gasteiger partial charge on any atom is -0.491 e. The van der Waals surface area contributed by atoms with Crippen molar-refractivity contribution >= 4 is 6.08 Å². The van der Waals surface area contributed by atoms with E-state index in [1.165, 1.54) is 0 Å². The highest BCUT2D eigenvalue weighted by Crippen LogP contribution is 2.09. The predicted molar refractivity (Wildman–Crippen MR) is 67.1 cm³/mol. The van der Waals surface area contributed by atoms with Gasteiger partial charge in [0.2, 0.25) is 0 Å². The van der Waals surface area contributed by atoms with Crippen molar-refractivity contribution in [3.63, 3.8) is 0 Å². The monoisotopic (exact) mass is 234 g/mol. The summed E-state index contributed by atoms with van der Waals surface area (Å²) in [5.41, 5.74) is 0.866. The van der Waals surface area contributed by atoms with E-state index in [-0.39, 0.29) is 0 Å². The Morgan fingerprint density at radius 1 is 1.41 bits per heavy atom. The van der Waals surface area contributed by atoms with Crippen LogP contribution in [-0.4, -0.2) is 49.3 Å². The summed E-state index contributed by atoms with van der Waals surface area (Å²) in [6, 6.07) is 3.82. The van der Waals surface area contributed by atoms with Crippen molar-refractivity contribution in [2.24, 2.45) is 0 Å². The summed E-state index contributed by atoms with van der Waals surface area (Å²) >= 11 is 0. The van der Waals surface area contributed by atoms with Crippen LogP contribution in [0.3, 0.4) is 0 Å². The van der Waals surface area contributed by atoms with E-state index in [2.05, 4.69) is 16.5 Å². The summed E-state index contributed by atoms with van der Waals surface area (Å²) in [6.45, 7) is 8.94. The highest BCUT2D eigenvalue weighted by atomic mass is 16.5. The molecule has 0 radical (unpaired) electrons. The third-order valence-electron chi connectivity index (χ3n) is 2.75. The lowest BCUT2D eigenvalue weighted by molar-refractivity contribution is 0.0322. The van der Waals surface area contributed by atoms with Gasteiger partial charge in [0.05, 0.1) is 25.1 Å². The highest BCUT2D eigenvalue weighted by molar-refractivity contribution is 5.42. The molecule has 0 unspecified atom stereocenters. The quantitative estimate of drug-likeness (QED) is 0.772. The first-order valence-electron chi connectivity index (χ1n) is 5.90. The van der Waals surface area contributed by atoms with Crippen LogP contribution < -0.4 is 4.74 Å². The maximum absolute atomic E-state index is 5.63. The van der Waals surface area contributed by atoms with Crippen LogP contribution in [0, 0.1) is 0 Å². The minimum atomic E-state index is 0.690. The number of aromatic nitrogens is 1. The maximum atomic E-state index is 5.63. The van der Waals surface area contributed by atoms with Crippen molar-refractivity contribution in [3.8, 4) is 5.75 Å². The van der Waals surface area contributed by atoms with E-state index in [1.807, 2.05) is 12.1 Å². The van der Waals surface area contributed by atoms with E-state index in [1.54, 1.807) is 12.3 Å². The van der Waals surface area contributed by atoms with Gasteiger partial charge in [-0.2, -0.15) is 0 Å². The third kappa shape index (κ3) is 3.84. The molecular weight excluding hydrogens is 216 g/mol. The van der Waals surface area contributed by atoms with Gasteiger partial charge in [-0.3, -0.25) is 9.88 Å². The molecule has 17 heavy (non-hydrogen) atoms. The number of nitrogens with zero attached hydrogens (tertiary/aromatic N) is 2. The van der Waals surface area contributed by atoms with Crippen LogP contribution in [0.1, 0.15) is 5.69 Å². The van der Waals surface area contributed by atoms with Crippen LogP contribution in [0.4, 0.5) is 0 Å². The van der Waals surface area contributed by atoms with Crippen LogP contribution in [-0.2, 0) is 4.74 Å². The van der Waals surface area contributed by atoms with Gasteiger partial charge in [0, 0.05) is 19.6 Å². The van der Waals surface area contributed by atoms with Gasteiger partial charge in [0.25, 0.3) is 0 Å². The first-order chi connectivity index (χ1) is 8.38. The van der Waals surface area contributed by atoms with E-state index in [9.17, 15) is 0 Å². The molecule has 0 atom stereocenters. The summed E-state index contributed by atoms with van der Waals surface area (Å²) in [6.07, 6.45) is 3.45. The summed E-state index contributed by atoms with van der Waals surface area (Å²) in [5.74, 6) is 0.809. The van der Waals surface area contributed by atoms with Gasteiger partial charge >= 0.3 is 0 Å². The Hall–Kier alpha value is -1.39. The first kappa shape index (κ1) is 12.1. The van der Waals surface area contributed by atoms with Crippen LogP contribution in [0.25, 0.3) is 6.08 Å². The molecule has 92 valence electrons. The molecule has 0 aliphatic carbocycles. The number of morpholine rings is 1. The lowest BCUT2D eigenvalue weighted by Crippen LogP contribution is -2.38. The number of hydrogen-bond donors (Lipinski definition) is 0.